The van der Waals surface area contributed by atoms with E-state index >= 15 is 0 Å². The fourth-order valence-electron chi connectivity index (χ4n) is 2.99. The Morgan fingerprint density at radius 3 is 2.23 bits per heavy atom. The molecule has 0 unspecified atom stereocenters. The van der Waals surface area contributed by atoms with Gasteiger partial charge in [0.15, 0.2) is 17.5 Å². The number of nitrogen functional groups attached to an aromatic ring is 1. The fourth-order valence-corrected chi connectivity index (χ4v) is 2.99. The number of methoxy groups -OCH3 is 1. The average molecular weight is 379 g/mol. The molecule has 1 saturated carbocycles. The Morgan fingerprint density at radius 2 is 1.69 bits per heavy atom. The Hall–Kier alpha value is -2.16. The van der Waals surface area contributed by atoms with Crippen molar-refractivity contribution in [2.75, 3.05) is 12.8 Å². The molecule has 0 saturated heterocycles. The number of carbonyl (C=O) groups excluding carboxylic acids is 1. The minimum absolute atomic E-state index is 0.530. The molecule has 0 bridgehead atoms. The summed E-state index contributed by atoms with van der Waals surface area (Å²) in [6, 6.07) is 0. The summed E-state index contributed by atoms with van der Waals surface area (Å²) in [5.74, 6) is -6.63. The Morgan fingerprint density at radius 1 is 1.12 bits per heavy atom. The van der Waals surface area contributed by atoms with Gasteiger partial charge in [-0.15, -0.1) is 0 Å². The first-order valence-electron chi connectivity index (χ1n) is 7.66. The summed E-state index contributed by atoms with van der Waals surface area (Å²) in [5, 5.41) is 0. The van der Waals surface area contributed by atoms with Crippen molar-refractivity contribution < 1.29 is 36.2 Å². The summed E-state index contributed by atoms with van der Waals surface area (Å²) in [6.45, 7) is 1.84. The number of benzene rings is 1. The molecule has 2 N–H and O–H groups in total. The summed E-state index contributed by atoms with van der Waals surface area (Å²) < 4.78 is 76.4. The Bertz CT molecular complexity index is 730. The summed E-state index contributed by atoms with van der Waals surface area (Å²) in [4.78, 5) is 12.1. The van der Waals surface area contributed by atoms with Gasteiger partial charge in [0.25, 0.3) is 6.08 Å². The van der Waals surface area contributed by atoms with Gasteiger partial charge in [0.1, 0.15) is 6.61 Å². The lowest BCUT2D eigenvalue weighted by Gasteiger charge is -2.14. The van der Waals surface area contributed by atoms with Crippen molar-refractivity contribution in [3.8, 4) is 0 Å². The highest BCUT2D eigenvalue weighted by Crippen LogP contribution is 2.60. The maximum atomic E-state index is 14.1. The van der Waals surface area contributed by atoms with E-state index in [4.69, 9.17) is 10.5 Å². The van der Waals surface area contributed by atoms with Crippen LogP contribution >= 0.6 is 0 Å². The molecule has 0 amide bonds. The van der Waals surface area contributed by atoms with Gasteiger partial charge in [-0.25, -0.2) is 13.2 Å². The van der Waals surface area contributed by atoms with E-state index < -0.39 is 76.8 Å². The second-order valence-corrected chi connectivity index (χ2v) is 6.63. The van der Waals surface area contributed by atoms with E-state index in [1.165, 1.54) is 7.11 Å². The molecule has 0 radical (unpaired) electrons. The quantitative estimate of drug-likeness (QED) is 0.352. The maximum absolute atomic E-state index is 14.1. The first-order valence-corrected chi connectivity index (χ1v) is 7.66. The van der Waals surface area contributed by atoms with Crippen molar-refractivity contribution >= 4 is 11.7 Å². The van der Waals surface area contributed by atoms with E-state index in [9.17, 15) is 26.7 Å². The summed E-state index contributed by atoms with van der Waals surface area (Å²) >= 11 is 0. The number of carbonyl (C=O) groups is 1. The van der Waals surface area contributed by atoms with Gasteiger partial charge in [-0.3, -0.25) is 4.79 Å². The smallest absolute Gasteiger partial charge is 0.310 e. The maximum Gasteiger partial charge on any atom is 0.310 e. The molecule has 9 heteroatoms. The Labute approximate surface area is 146 Å². The monoisotopic (exact) mass is 379 g/mol. The van der Waals surface area contributed by atoms with Crippen molar-refractivity contribution in [3.05, 3.63) is 40.7 Å². The van der Waals surface area contributed by atoms with Crippen LogP contribution in [-0.4, -0.2) is 13.1 Å². The van der Waals surface area contributed by atoms with Crippen LogP contribution in [0.5, 0.6) is 0 Å². The predicted octanol–water partition coefficient (Wildman–Crippen LogP) is 3.93. The van der Waals surface area contributed by atoms with E-state index in [0.29, 0.717) is 6.08 Å². The van der Waals surface area contributed by atoms with Gasteiger partial charge in [0, 0.05) is 13.0 Å². The second kappa shape index (κ2) is 7.22. The average Bonchev–Trinajstić information content (AvgIpc) is 3.09. The third kappa shape index (κ3) is 3.53. The number of anilines is 1. The lowest BCUT2D eigenvalue weighted by Crippen LogP contribution is -2.15. The van der Waals surface area contributed by atoms with Crippen LogP contribution in [0.3, 0.4) is 0 Å². The molecule has 0 aliphatic heterocycles. The summed E-state index contributed by atoms with van der Waals surface area (Å²) in [5.41, 5.74) is 2.67. The van der Waals surface area contributed by atoms with Crippen LogP contribution in [0.25, 0.3) is 0 Å². The minimum Gasteiger partial charge on any atom is -0.460 e. The summed E-state index contributed by atoms with van der Waals surface area (Å²) in [7, 11) is 1.17. The third-order valence-corrected chi connectivity index (χ3v) is 4.67. The number of hydrogen-bond donors (Lipinski definition) is 1. The summed E-state index contributed by atoms with van der Waals surface area (Å²) in [6.07, 6.45) is -1.27. The van der Waals surface area contributed by atoms with Crippen LogP contribution < -0.4 is 5.73 Å². The molecule has 144 valence electrons. The van der Waals surface area contributed by atoms with Crippen molar-refractivity contribution in [2.24, 2.45) is 17.3 Å². The molecule has 1 aromatic carbocycles. The molecule has 1 aromatic rings. The Kier molecular flexibility index (Phi) is 5.60. The van der Waals surface area contributed by atoms with E-state index in [2.05, 4.69) is 4.74 Å². The van der Waals surface area contributed by atoms with Gasteiger partial charge in [0.2, 0.25) is 0 Å². The van der Waals surface area contributed by atoms with E-state index in [0.717, 1.165) is 0 Å². The number of halogens is 5. The normalized spacial score (nSPS) is 20.6. The van der Waals surface area contributed by atoms with Crippen molar-refractivity contribution in [2.45, 2.75) is 27.1 Å². The number of nitrogens with two attached hydrogens (primary N) is 1. The molecule has 0 spiro atoms. The standard InChI is InChI=1S/C17H18F5NO3/c1-17(2)9(4-10(18)19)11(17)16(24)26-6-8-13(21)12(20)7(5-25-3)14(22)15(8)23/h4,9,11H,5-6,23H2,1-3H3/t9-,11+/m1/s1. The van der Waals surface area contributed by atoms with E-state index in [-0.39, 0.29) is 0 Å². The highest BCUT2D eigenvalue weighted by molar-refractivity contribution is 5.78. The van der Waals surface area contributed by atoms with Crippen LogP contribution in [0.15, 0.2) is 12.2 Å². The minimum atomic E-state index is -1.92. The topological polar surface area (TPSA) is 61.6 Å². The zero-order valence-corrected chi connectivity index (χ0v) is 14.3. The third-order valence-electron chi connectivity index (χ3n) is 4.67. The van der Waals surface area contributed by atoms with Crippen LogP contribution in [0.4, 0.5) is 27.6 Å². The van der Waals surface area contributed by atoms with Gasteiger partial charge in [-0.1, -0.05) is 13.8 Å². The van der Waals surface area contributed by atoms with Gasteiger partial charge in [0.05, 0.1) is 29.3 Å². The zero-order chi connectivity index (χ0) is 19.8. The zero-order valence-electron chi connectivity index (χ0n) is 14.3. The van der Waals surface area contributed by atoms with Gasteiger partial charge >= 0.3 is 5.97 Å². The second-order valence-electron chi connectivity index (χ2n) is 6.63. The van der Waals surface area contributed by atoms with Crippen LogP contribution in [0.2, 0.25) is 0 Å². The molecule has 2 atom stereocenters. The molecule has 0 heterocycles. The Balaban J connectivity index is 2.18. The molecule has 4 nitrogen and oxygen atoms in total. The van der Waals surface area contributed by atoms with Crippen molar-refractivity contribution in [1.29, 1.82) is 0 Å². The van der Waals surface area contributed by atoms with Gasteiger partial charge in [-0.05, 0) is 11.5 Å². The first-order chi connectivity index (χ1) is 12.0. The molecule has 1 aliphatic rings. The number of hydrogen-bond acceptors (Lipinski definition) is 4. The van der Waals surface area contributed by atoms with Crippen LogP contribution in [0, 0.1) is 34.7 Å². The molecule has 1 aliphatic carbocycles. The lowest BCUT2D eigenvalue weighted by molar-refractivity contribution is -0.147. The number of allylic oxidation sites excluding steroid dienone is 1. The molecular formula is C17H18F5NO3. The molecule has 1 fully saturated rings. The largest absolute Gasteiger partial charge is 0.460 e. The van der Waals surface area contributed by atoms with Crippen LogP contribution in [-0.2, 0) is 27.5 Å². The lowest BCUT2D eigenvalue weighted by atomic mass is 10.1. The number of rotatable bonds is 6. The van der Waals surface area contributed by atoms with Gasteiger partial charge in [-0.2, -0.15) is 8.78 Å². The fraction of sp³-hybridized carbons (Fsp3) is 0.471. The predicted molar refractivity (Wildman–Crippen MR) is 82.3 cm³/mol. The van der Waals surface area contributed by atoms with Crippen LogP contribution in [0.1, 0.15) is 25.0 Å². The molecular weight excluding hydrogens is 361 g/mol. The van der Waals surface area contributed by atoms with Crippen molar-refractivity contribution in [1.82, 2.24) is 0 Å². The van der Waals surface area contributed by atoms with Gasteiger partial charge < -0.3 is 15.2 Å². The number of ether oxygens (including phenoxy) is 2. The number of esters is 1. The highest BCUT2D eigenvalue weighted by Gasteiger charge is 2.62. The van der Waals surface area contributed by atoms with Crippen molar-refractivity contribution in [3.63, 3.8) is 0 Å². The molecule has 2 rings (SSSR count). The molecule has 0 aromatic heterocycles. The molecule has 26 heavy (non-hydrogen) atoms. The SMILES string of the molecule is COCc1c(F)c(N)c(COC(=O)[C@@H]2[C@@H](C=C(F)F)C2(C)C)c(F)c1F. The first kappa shape index (κ1) is 20.2. The van der Waals surface area contributed by atoms with E-state index in [1.807, 2.05) is 0 Å². The highest BCUT2D eigenvalue weighted by atomic mass is 19.3. The van der Waals surface area contributed by atoms with E-state index in [1.54, 1.807) is 13.8 Å².